The molecule has 0 aliphatic rings. The number of aromatic nitrogens is 3. The molecule has 0 aliphatic heterocycles. The highest BCUT2D eigenvalue weighted by molar-refractivity contribution is 6.32. The molecular formula is C15H14ClF3N4O. The molecule has 0 radical (unpaired) electrons. The molecule has 0 unspecified atom stereocenters. The van der Waals surface area contributed by atoms with Crippen molar-refractivity contribution in [2.45, 2.75) is 19.5 Å². The number of halogens is 4. The summed E-state index contributed by atoms with van der Waals surface area (Å²) in [5.74, 6) is -0.602. The highest BCUT2D eigenvalue weighted by atomic mass is 35.5. The highest BCUT2D eigenvalue weighted by Gasteiger charge is 2.25. The first-order valence-electron chi connectivity index (χ1n) is 7.02. The van der Waals surface area contributed by atoms with Crippen LogP contribution in [0.25, 0.3) is 5.69 Å². The summed E-state index contributed by atoms with van der Waals surface area (Å²) in [5, 5.41) is 4.16. The van der Waals surface area contributed by atoms with Gasteiger partial charge in [-0.15, -0.1) is 0 Å². The Balaban J connectivity index is 2.22. The van der Waals surface area contributed by atoms with Gasteiger partial charge in [-0.2, -0.15) is 18.3 Å². The third kappa shape index (κ3) is 4.58. The monoisotopic (exact) mass is 358 g/mol. The zero-order valence-corrected chi connectivity index (χ0v) is 13.4. The van der Waals surface area contributed by atoms with Crippen LogP contribution in [0.3, 0.4) is 0 Å². The molecule has 0 saturated carbocycles. The van der Waals surface area contributed by atoms with Crippen molar-refractivity contribution in [2.75, 3.05) is 11.4 Å². The summed E-state index contributed by atoms with van der Waals surface area (Å²) in [6.45, 7) is 1.92. The van der Waals surface area contributed by atoms with Crippen LogP contribution in [0.15, 0.2) is 42.9 Å². The van der Waals surface area contributed by atoms with Gasteiger partial charge < -0.3 is 4.90 Å². The molecule has 2 aromatic heterocycles. The van der Waals surface area contributed by atoms with Crippen molar-refractivity contribution in [1.82, 2.24) is 14.8 Å². The summed E-state index contributed by atoms with van der Waals surface area (Å²) in [4.78, 5) is 17.3. The Morgan fingerprint density at radius 1 is 1.46 bits per heavy atom. The minimum absolute atomic E-state index is 0.0678. The molecule has 9 heteroatoms. The molecule has 0 aromatic carbocycles. The summed E-state index contributed by atoms with van der Waals surface area (Å²) in [6.07, 6.45) is 0.838. The molecule has 2 heterocycles. The molecule has 0 saturated heterocycles. The quantitative estimate of drug-likeness (QED) is 0.764. The molecular weight excluding hydrogens is 345 g/mol. The Kier molecular flexibility index (Phi) is 5.61. The van der Waals surface area contributed by atoms with Gasteiger partial charge in [-0.3, -0.25) is 9.78 Å². The van der Waals surface area contributed by atoms with E-state index in [4.69, 9.17) is 11.6 Å². The zero-order chi connectivity index (χ0) is 17.7. The number of carbonyl (C=O) groups excluding carboxylic acids is 1. The van der Waals surface area contributed by atoms with Gasteiger partial charge in [-0.25, -0.2) is 4.68 Å². The number of nitrogens with zero attached hydrogens (tertiary/aromatic N) is 4. The normalized spacial score (nSPS) is 11.9. The largest absolute Gasteiger partial charge is 0.392 e. The molecule has 0 atom stereocenters. The number of carbonyl (C=O) groups is 1. The molecule has 2 aromatic rings. The molecule has 0 spiro atoms. The number of likely N-dealkylation sites (N-methyl/N-ethyl adjacent to an activating group) is 1. The van der Waals surface area contributed by atoms with Crippen molar-refractivity contribution in [3.05, 3.63) is 48.0 Å². The molecule has 0 N–H and O–H groups in total. The first-order chi connectivity index (χ1) is 11.3. The van der Waals surface area contributed by atoms with Gasteiger partial charge in [0.15, 0.2) is 5.15 Å². The van der Waals surface area contributed by atoms with Gasteiger partial charge >= 0.3 is 6.18 Å². The molecule has 5 nitrogen and oxygen atoms in total. The number of anilines is 1. The van der Waals surface area contributed by atoms with E-state index in [1.165, 1.54) is 15.8 Å². The van der Waals surface area contributed by atoms with Crippen LogP contribution in [0.5, 0.6) is 0 Å². The van der Waals surface area contributed by atoms with Gasteiger partial charge in [0, 0.05) is 12.7 Å². The number of hydrogen-bond donors (Lipinski definition) is 0. The average molecular weight is 359 g/mol. The molecule has 0 bridgehead atoms. The smallest absolute Gasteiger partial charge is 0.305 e. The van der Waals surface area contributed by atoms with Gasteiger partial charge in [0.25, 0.3) is 5.91 Å². The maximum Gasteiger partial charge on any atom is 0.392 e. The predicted octanol–water partition coefficient (Wildman–Crippen LogP) is 3.78. The maximum absolute atomic E-state index is 12.2. The Labute approximate surface area is 141 Å². The third-order valence-corrected chi connectivity index (χ3v) is 3.31. The lowest BCUT2D eigenvalue weighted by molar-refractivity contribution is -0.125. The number of hydrogen-bond acceptors (Lipinski definition) is 3. The van der Waals surface area contributed by atoms with Crippen LogP contribution in [0, 0.1) is 0 Å². The lowest BCUT2D eigenvalue weighted by Gasteiger charge is -2.17. The van der Waals surface area contributed by atoms with Crippen LogP contribution in [0.4, 0.5) is 18.9 Å². The SMILES string of the molecule is CCN(C(=O)C=CCC(F)(F)F)c1cn(-c2cccnc2)nc1Cl. The second-order valence-electron chi connectivity index (χ2n) is 4.77. The molecule has 2 rings (SSSR count). The van der Waals surface area contributed by atoms with Crippen molar-refractivity contribution in [3.8, 4) is 5.69 Å². The van der Waals surface area contributed by atoms with Crippen LogP contribution in [-0.4, -0.2) is 33.4 Å². The Morgan fingerprint density at radius 3 is 2.79 bits per heavy atom. The van der Waals surface area contributed by atoms with Crippen molar-refractivity contribution in [3.63, 3.8) is 0 Å². The maximum atomic E-state index is 12.2. The molecule has 128 valence electrons. The molecule has 0 aliphatic carbocycles. The van der Waals surface area contributed by atoms with Crippen LogP contribution in [0.2, 0.25) is 5.15 Å². The first kappa shape index (κ1) is 18.0. The number of pyridine rings is 1. The topological polar surface area (TPSA) is 51.0 Å². The van der Waals surface area contributed by atoms with Crippen LogP contribution < -0.4 is 4.90 Å². The fraction of sp³-hybridized carbons (Fsp3) is 0.267. The van der Waals surface area contributed by atoms with Crippen LogP contribution in [0.1, 0.15) is 13.3 Å². The number of allylic oxidation sites excluding steroid dienone is 1. The molecule has 0 fully saturated rings. The fourth-order valence-corrected chi connectivity index (χ4v) is 2.21. The molecule has 24 heavy (non-hydrogen) atoms. The van der Waals surface area contributed by atoms with Crippen LogP contribution >= 0.6 is 11.6 Å². The van der Waals surface area contributed by atoms with E-state index in [9.17, 15) is 18.0 Å². The second kappa shape index (κ2) is 7.48. The van der Waals surface area contributed by atoms with E-state index in [1.54, 1.807) is 31.5 Å². The number of alkyl halides is 3. The Bertz CT molecular complexity index is 728. The van der Waals surface area contributed by atoms with Crippen molar-refractivity contribution in [2.24, 2.45) is 0 Å². The van der Waals surface area contributed by atoms with E-state index in [2.05, 4.69) is 10.1 Å². The predicted molar refractivity (Wildman–Crippen MR) is 84.2 cm³/mol. The van der Waals surface area contributed by atoms with E-state index in [0.717, 1.165) is 12.2 Å². The van der Waals surface area contributed by atoms with Gasteiger partial charge in [0.2, 0.25) is 0 Å². The van der Waals surface area contributed by atoms with Crippen molar-refractivity contribution >= 4 is 23.2 Å². The zero-order valence-electron chi connectivity index (χ0n) is 12.7. The van der Waals surface area contributed by atoms with E-state index in [1.807, 2.05) is 0 Å². The van der Waals surface area contributed by atoms with Gasteiger partial charge in [-0.05, 0) is 25.1 Å². The van der Waals surface area contributed by atoms with E-state index < -0.39 is 18.5 Å². The second-order valence-corrected chi connectivity index (χ2v) is 5.12. The average Bonchev–Trinajstić information content (AvgIpc) is 2.90. The minimum Gasteiger partial charge on any atom is -0.305 e. The lowest BCUT2D eigenvalue weighted by atomic mass is 10.3. The number of rotatable bonds is 5. The Hall–Kier alpha value is -2.35. The lowest BCUT2D eigenvalue weighted by Crippen LogP contribution is -2.28. The minimum atomic E-state index is -4.35. The Morgan fingerprint density at radius 2 is 2.21 bits per heavy atom. The van der Waals surface area contributed by atoms with Crippen molar-refractivity contribution in [1.29, 1.82) is 0 Å². The fourth-order valence-electron chi connectivity index (χ4n) is 1.97. The summed E-state index contributed by atoms with van der Waals surface area (Å²) in [6, 6.07) is 3.47. The van der Waals surface area contributed by atoms with E-state index >= 15 is 0 Å². The molecule has 1 amide bonds. The summed E-state index contributed by atoms with van der Waals surface area (Å²) in [5.41, 5.74) is 0.950. The summed E-state index contributed by atoms with van der Waals surface area (Å²) >= 11 is 6.07. The van der Waals surface area contributed by atoms with Crippen LogP contribution in [-0.2, 0) is 4.79 Å². The summed E-state index contributed by atoms with van der Waals surface area (Å²) in [7, 11) is 0. The number of amides is 1. The standard InChI is InChI=1S/C15H14ClF3N4O/c1-2-22(13(24)6-3-7-15(17,18)19)12-10-23(21-14(12)16)11-5-4-8-20-9-11/h3-6,8-10H,2,7H2,1H3. The van der Waals surface area contributed by atoms with E-state index in [-0.39, 0.29) is 11.7 Å². The van der Waals surface area contributed by atoms with Gasteiger partial charge in [-0.1, -0.05) is 17.7 Å². The van der Waals surface area contributed by atoms with Crippen molar-refractivity contribution < 1.29 is 18.0 Å². The summed E-state index contributed by atoms with van der Waals surface area (Å²) < 4.78 is 37.9. The third-order valence-electron chi connectivity index (χ3n) is 3.04. The van der Waals surface area contributed by atoms with Gasteiger partial charge in [0.05, 0.1) is 24.5 Å². The highest BCUT2D eigenvalue weighted by Crippen LogP contribution is 2.26. The first-order valence-corrected chi connectivity index (χ1v) is 7.40. The van der Waals surface area contributed by atoms with E-state index in [0.29, 0.717) is 11.4 Å². The van der Waals surface area contributed by atoms with Gasteiger partial charge in [0.1, 0.15) is 5.69 Å².